The van der Waals surface area contributed by atoms with Gasteiger partial charge in [-0.25, -0.2) is 0 Å². The Kier molecular flexibility index (Phi) is 3.97. The van der Waals surface area contributed by atoms with Crippen molar-refractivity contribution in [1.29, 1.82) is 0 Å². The first kappa shape index (κ1) is 14.1. The molecule has 0 N–H and O–H groups in total. The van der Waals surface area contributed by atoms with E-state index in [2.05, 4.69) is 22.0 Å². The Morgan fingerprint density at radius 2 is 2.19 bits per heavy atom. The summed E-state index contributed by atoms with van der Waals surface area (Å²) >= 11 is 3.39. The molecule has 4 heteroatoms. The largest absolute Gasteiger partial charge is 0.493 e. The van der Waals surface area contributed by atoms with Gasteiger partial charge in [0.1, 0.15) is 11.5 Å². The summed E-state index contributed by atoms with van der Waals surface area (Å²) < 4.78 is 12.4. The van der Waals surface area contributed by atoms with E-state index >= 15 is 0 Å². The first-order chi connectivity index (χ1) is 10.2. The zero-order valence-corrected chi connectivity index (χ0v) is 13.2. The fraction of sp³-hybridized carbons (Fsp3) is 0.235. The summed E-state index contributed by atoms with van der Waals surface area (Å²) in [5.74, 6) is 1.77. The summed E-state index contributed by atoms with van der Waals surface area (Å²) in [5.41, 5.74) is 2.67. The van der Waals surface area contributed by atoms with E-state index in [0.717, 1.165) is 22.1 Å². The van der Waals surface area contributed by atoms with Crippen molar-refractivity contribution in [3.05, 3.63) is 57.6 Å². The van der Waals surface area contributed by atoms with Gasteiger partial charge in [-0.05, 0) is 30.7 Å². The Bertz CT molecular complexity index is 682. The molecule has 0 fully saturated rings. The molecular formula is C17H15BrO3. The van der Waals surface area contributed by atoms with Crippen molar-refractivity contribution in [3.8, 4) is 11.5 Å². The molecule has 0 aliphatic carbocycles. The second-order valence-electron chi connectivity index (χ2n) is 5.12. The molecule has 2 aromatic rings. The Balaban J connectivity index is 1.79. The molecule has 0 bridgehead atoms. The van der Waals surface area contributed by atoms with E-state index in [4.69, 9.17) is 9.47 Å². The van der Waals surface area contributed by atoms with Crippen LogP contribution >= 0.6 is 15.9 Å². The lowest BCUT2D eigenvalue weighted by molar-refractivity contribution is 0.111. The first-order valence-corrected chi connectivity index (χ1v) is 7.58. The highest BCUT2D eigenvalue weighted by molar-refractivity contribution is 9.10. The number of rotatable bonds is 4. The lowest BCUT2D eigenvalue weighted by Gasteiger charge is -2.15. The molecule has 1 aliphatic heterocycles. The van der Waals surface area contributed by atoms with E-state index in [1.54, 1.807) is 6.07 Å². The van der Waals surface area contributed by atoms with Gasteiger partial charge < -0.3 is 9.47 Å². The predicted octanol–water partition coefficient (Wildman–Crippen LogP) is 4.13. The maximum absolute atomic E-state index is 11.2. The van der Waals surface area contributed by atoms with E-state index in [9.17, 15) is 4.79 Å². The summed E-state index contributed by atoms with van der Waals surface area (Å²) in [6.45, 7) is 3.05. The molecule has 0 spiro atoms. The van der Waals surface area contributed by atoms with Gasteiger partial charge in [-0.1, -0.05) is 34.1 Å². The van der Waals surface area contributed by atoms with Crippen LogP contribution in [-0.4, -0.2) is 19.5 Å². The van der Waals surface area contributed by atoms with Crippen LogP contribution in [0.5, 0.6) is 11.5 Å². The summed E-state index contributed by atoms with van der Waals surface area (Å²) in [5, 5.41) is 0. The third kappa shape index (κ3) is 2.81. The van der Waals surface area contributed by atoms with Gasteiger partial charge in [0, 0.05) is 10.0 Å². The van der Waals surface area contributed by atoms with Crippen molar-refractivity contribution in [2.24, 2.45) is 0 Å². The average molecular weight is 347 g/mol. The normalized spacial score (nSPS) is 16.2. The summed E-state index contributed by atoms with van der Waals surface area (Å²) in [7, 11) is 0. The maximum Gasteiger partial charge on any atom is 0.153 e. The fourth-order valence-electron chi connectivity index (χ4n) is 2.59. The van der Waals surface area contributed by atoms with Crippen LogP contribution in [0.3, 0.4) is 0 Å². The van der Waals surface area contributed by atoms with Crippen molar-refractivity contribution in [1.82, 2.24) is 0 Å². The Morgan fingerprint density at radius 1 is 1.38 bits per heavy atom. The minimum Gasteiger partial charge on any atom is -0.493 e. The number of carbonyl (C=O) groups excluding carboxylic acids is 1. The molecule has 0 amide bonds. The Hall–Kier alpha value is -1.81. The van der Waals surface area contributed by atoms with E-state index in [1.165, 1.54) is 5.56 Å². The number of hydrogen-bond acceptors (Lipinski definition) is 3. The summed E-state index contributed by atoms with van der Waals surface area (Å²) in [6.07, 6.45) is 0.826. The van der Waals surface area contributed by atoms with E-state index in [-0.39, 0.29) is 5.92 Å². The standard InChI is InChI=1S/C17H15BrO3/c1-11-6-14(18)7-12(8-19)17(11)21-10-13-9-20-16-5-3-2-4-15(13)16/h2-8,13H,9-10H2,1H3. The lowest BCUT2D eigenvalue weighted by Crippen LogP contribution is -2.13. The zero-order valence-electron chi connectivity index (χ0n) is 11.6. The Labute approximate surface area is 132 Å². The maximum atomic E-state index is 11.2. The topological polar surface area (TPSA) is 35.5 Å². The molecule has 0 radical (unpaired) electrons. The molecule has 3 nitrogen and oxygen atoms in total. The smallest absolute Gasteiger partial charge is 0.153 e. The van der Waals surface area contributed by atoms with Gasteiger partial charge >= 0.3 is 0 Å². The van der Waals surface area contributed by atoms with Crippen molar-refractivity contribution >= 4 is 22.2 Å². The molecular weight excluding hydrogens is 332 g/mol. The fourth-order valence-corrected chi connectivity index (χ4v) is 3.18. The van der Waals surface area contributed by atoms with Crippen LogP contribution < -0.4 is 9.47 Å². The molecule has 1 heterocycles. The van der Waals surface area contributed by atoms with E-state index in [1.807, 2.05) is 31.2 Å². The van der Waals surface area contributed by atoms with Crippen molar-refractivity contribution < 1.29 is 14.3 Å². The van der Waals surface area contributed by atoms with E-state index < -0.39 is 0 Å². The third-order valence-electron chi connectivity index (χ3n) is 3.62. The number of aryl methyl sites for hydroxylation is 1. The monoisotopic (exact) mass is 346 g/mol. The van der Waals surface area contributed by atoms with Gasteiger partial charge in [0.15, 0.2) is 6.29 Å². The molecule has 1 atom stereocenters. The van der Waals surface area contributed by atoms with Gasteiger partial charge in [0.2, 0.25) is 0 Å². The highest BCUT2D eigenvalue weighted by Crippen LogP contribution is 2.35. The van der Waals surface area contributed by atoms with Crippen molar-refractivity contribution in [2.75, 3.05) is 13.2 Å². The van der Waals surface area contributed by atoms with Crippen molar-refractivity contribution in [3.63, 3.8) is 0 Å². The number of hydrogen-bond donors (Lipinski definition) is 0. The molecule has 0 saturated heterocycles. The second-order valence-corrected chi connectivity index (χ2v) is 6.03. The molecule has 3 rings (SSSR count). The van der Waals surface area contributed by atoms with Gasteiger partial charge in [-0.15, -0.1) is 0 Å². The first-order valence-electron chi connectivity index (χ1n) is 6.79. The van der Waals surface area contributed by atoms with Gasteiger partial charge in [0.25, 0.3) is 0 Å². The van der Waals surface area contributed by atoms with Crippen molar-refractivity contribution in [2.45, 2.75) is 12.8 Å². The average Bonchev–Trinajstić information content (AvgIpc) is 2.89. The van der Waals surface area contributed by atoms with Gasteiger partial charge in [0.05, 0.1) is 24.7 Å². The SMILES string of the molecule is Cc1cc(Br)cc(C=O)c1OCC1COc2ccccc21. The minimum absolute atomic E-state index is 0.198. The van der Waals surface area contributed by atoms with Crippen LogP contribution in [0.4, 0.5) is 0 Å². The number of carbonyl (C=O) groups is 1. The van der Waals surface area contributed by atoms with Gasteiger partial charge in [-0.3, -0.25) is 4.79 Å². The molecule has 2 aromatic carbocycles. The van der Waals surface area contributed by atoms with Crippen LogP contribution in [0, 0.1) is 6.92 Å². The highest BCUT2D eigenvalue weighted by atomic mass is 79.9. The quantitative estimate of drug-likeness (QED) is 0.781. The molecule has 21 heavy (non-hydrogen) atoms. The summed E-state index contributed by atoms with van der Waals surface area (Å²) in [4.78, 5) is 11.2. The van der Waals surface area contributed by atoms with Crippen LogP contribution in [0.25, 0.3) is 0 Å². The predicted molar refractivity (Wildman–Crippen MR) is 84.4 cm³/mol. The van der Waals surface area contributed by atoms with Gasteiger partial charge in [-0.2, -0.15) is 0 Å². The number of para-hydroxylation sites is 1. The number of aldehydes is 1. The number of halogens is 1. The Morgan fingerprint density at radius 3 is 3.00 bits per heavy atom. The van der Waals surface area contributed by atoms with E-state index in [0.29, 0.717) is 24.5 Å². The number of benzene rings is 2. The third-order valence-corrected chi connectivity index (χ3v) is 4.08. The molecule has 1 unspecified atom stereocenters. The van der Waals surface area contributed by atoms with Crippen LogP contribution in [0.2, 0.25) is 0 Å². The number of ether oxygens (including phenoxy) is 2. The molecule has 108 valence electrons. The number of fused-ring (bicyclic) bond motifs is 1. The lowest BCUT2D eigenvalue weighted by atomic mass is 10.0. The highest BCUT2D eigenvalue weighted by Gasteiger charge is 2.24. The molecule has 0 saturated carbocycles. The van der Waals surface area contributed by atoms with Crippen LogP contribution in [0.1, 0.15) is 27.4 Å². The van der Waals surface area contributed by atoms with Crippen LogP contribution in [-0.2, 0) is 0 Å². The second kappa shape index (κ2) is 5.90. The minimum atomic E-state index is 0.198. The molecule has 1 aliphatic rings. The molecule has 0 aromatic heterocycles. The summed E-state index contributed by atoms with van der Waals surface area (Å²) in [6, 6.07) is 11.7. The zero-order chi connectivity index (χ0) is 14.8. The van der Waals surface area contributed by atoms with Crippen LogP contribution in [0.15, 0.2) is 40.9 Å².